The van der Waals surface area contributed by atoms with Gasteiger partial charge >= 0.3 is 0 Å². The van der Waals surface area contributed by atoms with E-state index >= 15 is 0 Å². The number of carbonyl (C=O) groups is 1. The third-order valence-electron chi connectivity index (χ3n) is 4.15. The molecule has 0 unspecified atom stereocenters. The second-order valence-electron chi connectivity index (χ2n) is 5.80. The maximum absolute atomic E-state index is 12.0. The highest BCUT2D eigenvalue weighted by Crippen LogP contribution is 2.16. The first-order valence-corrected chi connectivity index (χ1v) is 8.10. The van der Waals surface area contributed by atoms with E-state index in [0.717, 1.165) is 12.1 Å². The summed E-state index contributed by atoms with van der Waals surface area (Å²) in [6.07, 6.45) is 7.94. The summed E-state index contributed by atoms with van der Waals surface area (Å²) in [5, 5.41) is 6.51. The highest BCUT2D eigenvalue weighted by Gasteiger charge is 2.11. The van der Waals surface area contributed by atoms with E-state index in [0.29, 0.717) is 24.7 Å². The molecule has 0 saturated heterocycles. The molecule has 0 radical (unpaired) electrons. The van der Waals surface area contributed by atoms with Gasteiger partial charge in [-0.05, 0) is 30.5 Å². The minimum absolute atomic E-state index is 0.0127. The van der Waals surface area contributed by atoms with Crippen LogP contribution in [-0.2, 0) is 6.54 Å². The van der Waals surface area contributed by atoms with Crippen molar-refractivity contribution >= 4 is 5.91 Å². The van der Waals surface area contributed by atoms with E-state index in [9.17, 15) is 4.79 Å². The number of hydrogen-bond acceptors (Lipinski definition) is 3. The standard InChI is InChI=1S/C17H27N3O/c18-13-14-7-9-15(10-8-14)17(21)20-12-11-19-16-5-3-1-2-4-6-16/h7-10,16,19H,1-6,11-13,18H2,(H,20,21). The van der Waals surface area contributed by atoms with Crippen LogP contribution in [-0.4, -0.2) is 25.0 Å². The predicted molar refractivity (Wildman–Crippen MR) is 86.2 cm³/mol. The van der Waals surface area contributed by atoms with E-state index in [4.69, 9.17) is 5.73 Å². The quantitative estimate of drug-likeness (QED) is 0.555. The Hall–Kier alpha value is -1.39. The van der Waals surface area contributed by atoms with E-state index in [1.165, 1.54) is 38.5 Å². The molecular weight excluding hydrogens is 262 g/mol. The fourth-order valence-corrected chi connectivity index (χ4v) is 2.83. The molecule has 1 fully saturated rings. The molecule has 4 N–H and O–H groups in total. The van der Waals surface area contributed by atoms with Gasteiger partial charge in [-0.15, -0.1) is 0 Å². The van der Waals surface area contributed by atoms with E-state index in [-0.39, 0.29) is 5.91 Å². The molecular formula is C17H27N3O. The Morgan fingerprint density at radius 3 is 2.33 bits per heavy atom. The molecule has 1 aromatic carbocycles. The lowest BCUT2D eigenvalue weighted by atomic mass is 10.1. The molecule has 0 aliphatic heterocycles. The second kappa shape index (κ2) is 8.80. The van der Waals surface area contributed by atoms with Crippen molar-refractivity contribution in [3.8, 4) is 0 Å². The average Bonchev–Trinajstić information content (AvgIpc) is 2.80. The second-order valence-corrected chi connectivity index (χ2v) is 5.80. The minimum atomic E-state index is -0.0127. The average molecular weight is 289 g/mol. The van der Waals surface area contributed by atoms with Crippen molar-refractivity contribution in [3.05, 3.63) is 35.4 Å². The first-order chi connectivity index (χ1) is 10.3. The summed E-state index contributed by atoms with van der Waals surface area (Å²) in [7, 11) is 0. The Bertz CT molecular complexity index is 422. The molecule has 1 aliphatic rings. The van der Waals surface area contributed by atoms with Crippen molar-refractivity contribution in [1.29, 1.82) is 0 Å². The van der Waals surface area contributed by atoms with Gasteiger partial charge in [-0.25, -0.2) is 0 Å². The van der Waals surface area contributed by atoms with Gasteiger partial charge in [-0.3, -0.25) is 4.79 Å². The Kier molecular flexibility index (Phi) is 6.70. The van der Waals surface area contributed by atoms with Crippen LogP contribution < -0.4 is 16.4 Å². The number of hydrogen-bond donors (Lipinski definition) is 3. The smallest absolute Gasteiger partial charge is 0.251 e. The van der Waals surface area contributed by atoms with Gasteiger partial charge in [0, 0.05) is 31.2 Å². The zero-order valence-electron chi connectivity index (χ0n) is 12.7. The molecule has 1 aromatic rings. The van der Waals surface area contributed by atoms with Crippen molar-refractivity contribution in [2.45, 2.75) is 51.1 Å². The lowest BCUT2D eigenvalue weighted by Gasteiger charge is -2.16. The largest absolute Gasteiger partial charge is 0.351 e. The Morgan fingerprint density at radius 1 is 1.05 bits per heavy atom. The number of nitrogens with one attached hydrogen (secondary N) is 2. The zero-order chi connectivity index (χ0) is 14.9. The Morgan fingerprint density at radius 2 is 1.71 bits per heavy atom. The van der Waals surface area contributed by atoms with Crippen LogP contribution >= 0.6 is 0 Å². The van der Waals surface area contributed by atoms with Crippen LogP contribution in [0.15, 0.2) is 24.3 Å². The molecule has 4 heteroatoms. The van der Waals surface area contributed by atoms with E-state index in [2.05, 4.69) is 10.6 Å². The van der Waals surface area contributed by atoms with Crippen LogP contribution in [0.25, 0.3) is 0 Å². The first-order valence-electron chi connectivity index (χ1n) is 8.10. The lowest BCUT2D eigenvalue weighted by Crippen LogP contribution is -2.36. The van der Waals surface area contributed by atoms with Crippen LogP contribution in [0.2, 0.25) is 0 Å². The van der Waals surface area contributed by atoms with Crippen LogP contribution in [0.1, 0.15) is 54.4 Å². The number of benzene rings is 1. The summed E-state index contributed by atoms with van der Waals surface area (Å²) in [5.74, 6) is -0.0127. The van der Waals surface area contributed by atoms with Crippen molar-refractivity contribution in [2.75, 3.05) is 13.1 Å². The molecule has 0 atom stereocenters. The van der Waals surface area contributed by atoms with Crippen LogP contribution in [0.3, 0.4) is 0 Å². The molecule has 1 saturated carbocycles. The molecule has 0 aromatic heterocycles. The fourth-order valence-electron chi connectivity index (χ4n) is 2.83. The van der Waals surface area contributed by atoms with E-state index in [1.807, 2.05) is 24.3 Å². The van der Waals surface area contributed by atoms with Gasteiger partial charge in [-0.1, -0.05) is 37.8 Å². The first kappa shape index (κ1) is 16.0. The monoisotopic (exact) mass is 289 g/mol. The van der Waals surface area contributed by atoms with Gasteiger partial charge < -0.3 is 16.4 Å². The van der Waals surface area contributed by atoms with Crippen molar-refractivity contribution in [2.24, 2.45) is 5.73 Å². The summed E-state index contributed by atoms with van der Waals surface area (Å²) in [4.78, 5) is 12.0. The molecule has 0 spiro atoms. The molecule has 1 aliphatic carbocycles. The highest BCUT2D eigenvalue weighted by atomic mass is 16.1. The van der Waals surface area contributed by atoms with Crippen molar-refractivity contribution in [3.63, 3.8) is 0 Å². The van der Waals surface area contributed by atoms with Crippen molar-refractivity contribution in [1.82, 2.24) is 10.6 Å². The van der Waals surface area contributed by atoms with Crippen LogP contribution in [0.5, 0.6) is 0 Å². The maximum Gasteiger partial charge on any atom is 0.251 e. The summed E-state index contributed by atoms with van der Waals surface area (Å²) in [6, 6.07) is 8.09. The molecule has 0 heterocycles. The SMILES string of the molecule is NCc1ccc(C(=O)NCCNC2CCCCCC2)cc1. The zero-order valence-corrected chi connectivity index (χ0v) is 12.7. The number of amides is 1. The van der Waals surface area contributed by atoms with Gasteiger partial charge in [0.1, 0.15) is 0 Å². The normalized spacial score (nSPS) is 16.4. The molecule has 1 amide bonds. The predicted octanol–water partition coefficient (Wildman–Crippen LogP) is 2.19. The molecule has 2 rings (SSSR count). The number of nitrogens with two attached hydrogens (primary N) is 1. The van der Waals surface area contributed by atoms with E-state index < -0.39 is 0 Å². The highest BCUT2D eigenvalue weighted by molar-refractivity contribution is 5.94. The van der Waals surface area contributed by atoms with Gasteiger partial charge in [0.25, 0.3) is 5.91 Å². The van der Waals surface area contributed by atoms with Crippen LogP contribution in [0.4, 0.5) is 0 Å². The van der Waals surface area contributed by atoms with Crippen molar-refractivity contribution < 1.29 is 4.79 Å². The lowest BCUT2D eigenvalue weighted by molar-refractivity contribution is 0.0953. The summed E-state index contributed by atoms with van der Waals surface area (Å²) < 4.78 is 0. The third kappa shape index (κ3) is 5.48. The van der Waals surface area contributed by atoms with Gasteiger partial charge in [0.2, 0.25) is 0 Å². The number of rotatable bonds is 6. The summed E-state index contributed by atoms with van der Waals surface area (Å²) in [5.41, 5.74) is 7.29. The molecule has 116 valence electrons. The molecule has 21 heavy (non-hydrogen) atoms. The fraction of sp³-hybridized carbons (Fsp3) is 0.588. The van der Waals surface area contributed by atoms with Gasteiger partial charge in [0.15, 0.2) is 0 Å². The topological polar surface area (TPSA) is 67.2 Å². The maximum atomic E-state index is 12.0. The summed E-state index contributed by atoms with van der Waals surface area (Å²) >= 11 is 0. The third-order valence-corrected chi connectivity index (χ3v) is 4.15. The molecule has 4 nitrogen and oxygen atoms in total. The number of carbonyl (C=O) groups excluding carboxylic acids is 1. The van der Waals surface area contributed by atoms with Gasteiger partial charge in [0.05, 0.1) is 0 Å². The van der Waals surface area contributed by atoms with Gasteiger partial charge in [-0.2, -0.15) is 0 Å². The summed E-state index contributed by atoms with van der Waals surface area (Å²) in [6.45, 7) is 2.03. The molecule has 0 bridgehead atoms. The van der Waals surface area contributed by atoms with Crippen LogP contribution in [0, 0.1) is 0 Å². The Balaban J connectivity index is 1.66. The Labute approximate surface area is 127 Å². The van der Waals surface area contributed by atoms with E-state index in [1.54, 1.807) is 0 Å². The minimum Gasteiger partial charge on any atom is -0.351 e.